The summed E-state index contributed by atoms with van der Waals surface area (Å²) in [6.07, 6.45) is 3.73. The standard InChI is InChI=1S/C14H21ClN2O/c1-4-11(5-2)10-17(6-3)14(18)12-7-8-13(15)16-9-12/h7-9,11H,4-6,10H2,1-3H3. The Kier molecular flexibility index (Phi) is 6.13. The van der Waals surface area contributed by atoms with E-state index in [-0.39, 0.29) is 5.91 Å². The van der Waals surface area contributed by atoms with Gasteiger partial charge in [-0.3, -0.25) is 4.79 Å². The van der Waals surface area contributed by atoms with Crippen LogP contribution >= 0.6 is 11.6 Å². The van der Waals surface area contributed by atoms with Gasteiger partial charge in [0.25, 0.3) is 5.91 Å². The van der Waals surface area contributed by atoms with Crippen molar-refractivity contribution in [3.8, 4) is 0 Å². The maximum Gasteiger partial charge on any atom is 0.255 e. The summed E-state index contributed by atoms with van der Waals surface area (Å²) >= 11 is 5.72. The number of rotatable bonds is 6. The lowest BCUT2D eigenvalue weighted by atomic mass is 10.0. The van der Waals surface area contributed by atoms with E-state index in [2.05, 4.69) is 18.8 Å². The first-order valence-corrected chi connectivity index (χ1v) is 6.90. The molecular formula is C14H21ClN2O. The Hall–Kier alpha value is -1.09. The van der Waals surface area contributed by atoms with Crippen LogP contribution in [-0.4, -0.2) is 28.9 Å². The molecular weight excluding hydrogens is 248 g/mol. The second-order valence-corrected chi connectivity index (χ2v) is 4.78. The molecule has 18 heavy (non-hydrogen) atoms. The van der Waals surface area contributed by atoms with Gasteiger partial charge in [-0.15, -0.1) is 0 Å². The van der Waals surface area contributed by atoms with Gasteiger partial charge in [0.15, 0.2) is 0 Å². The molecule has 1 heterocycles. The molecule has 0 radical (unpaired) electrons. The van der Waals surface area contributed by atoms with Gasteiger partial charge in [-0.25, -0.2) is 4.98 Å². The third-order valence-electron chi connectivity index (χ3n) is 3.28. The van der Waals surface area contributed by atoms with Gasteiger partial charge in [0.05, 0.1) is 5.56 Å². The predicted octanol–water partition coefficient (Wildman–Crippen LogP) is 3.63. The lowest BCUT2D eigenvalue weighted by Gasteiger charge is -2.25. The number of aromatic nitrogens is 1. The number of halogens is 1. The maximum atomic E-state index is 12.3. The molecule has 0 bridgehead atoms. The number of carbonyl (C=O) groups is 1. The van der Waals surface area contributed by atoms with E-state index in [1.165, 1.54) is 0 Å². The first-order chi connectivity index (χ1) is 8.62. The van der Waals surface area contributed by atoms with Crippen LogP contribution in [0.1, 0.15) is 44.0 Å². The highest BCUT2D eigenvalue weighted by molar-refractivity contribution is 6.29. The molecule has 0 spiro atoms. The molecule has 100 valence electrons. The number of amides is 1. The van der Waals surface area contributed by atoms with E-state index < -0.39 is 0 Å². The summed E-state index contributed by atoms with van der Waals surface area (Å²) in [5.41, 5.74) is 0.604. The van der Waals surface area contributed by atoms with Crippen LogP contribution in [0.2, 0.25) is 5.15 Å². The van der Waals surface area contributed by atoms with E-state index in [0.717, 1.165) is 25.9 Å². The van der Waals surface area contributed by atoms with E-state index in [1.54, 1.807) is 18.3 Å². The molecule has 0 saturated heterocycles. The minimum atomic E-state index is 0.0357. The van der Waals surface area contributed by atoms with Crippen LogP contribution in [0.25, 0.3) is 0 Å². The van der Waals surface area contributed by atoms with Crippen molar-refractivity contribution in [2.24, 2.45) is 5.92 Å². The monoisotopic (exact) mass is 268 g/mol. The van der Waals surface area contributed by atoms with Crippen LogP contribution in [0, 0.1) is 5.92 Å². The van der Waals surface area contributed by atoms with Crippen LogP contribution in [0.15, 0.2) is 18.3 Å². The molecule has 0 aliphatic rings. The molecule has 0 fully saturated rings. The number of pyridine rings is 1. The van der Waals surface area contributed by atoms with Gasteiger partial charge in [0.1, 0.15) is 5.15 Å². The fraction of sp³-hybridized carbons (Fsp3) is 0.571. The van der Waals surface area contributed by atoms with Crippen molar-refractivity contribution in [1.29, 1.82) is 0 Å². The van der Waals surface area contributed by atoms with E-state index in [0.29, 0.717) is 16.6 Å². The minimum Gasteiger partial charge on any atom is -0.339 e. The van der Waals surface area contributed by atoms with Crippen molar-refractivity contribution < 1.29 is 4.79 Å². The molecule has 0 saturated carbocycles. The van der Waals surface area contributed by atoms with Crippen molar-refractivity contribution in [3.63, 3.8) is 0 Å². The molecule has 0 N–H and O–H groups in total. The summed E-state index contributed by atoms with van der Waals surface area (Å²) in [6.45, 7) is 7.86. The molecule has 3 nitrogen and oxygen atoms in total. The molecule has 1 aromatic heterocycles. The van der Waals surface area contributed by atoms with Crippen molar-refractivity contribution in [1.82, 2.24) is 9.88 Å². The number of hydrogen-bond donors (Lipinski definition) is 0. The number of nitrogens with zero attached hydrogens (tertiary/aromatic N) is 2. The van der Waals surface area contributed by atoms with Gasteiger partial charge < -0.3 is 4.90 Å². The van der Waals surface area contributed by atoms with Crippen LogP contribution < -0.4 is 0 Å². The Morgan fingerprint density at radius 3 is 2.44 bits per heavy atom. The van der Waals surface area contributed by atoms with Gasteiger partial charge in [-0.2, -0.15) is 0 Å². The van der Waals surface area contributed by atoms with Gasteiger partial charge in [0, 0.05) is 19.3 Å². The van der Waals surface area contributed by atoms with Gasteiger partial charge in [-0.1, -0.05) is 38.3 Å². The van der Waals surface area contributed by atoms with Crippen LogP contribution in [0.5, 0.6) is 0 Å². The van der Waals surface area contributed by atoms with Gasteiger partial charge in [0.2, 0.25) is 0 Å². The van der Waals surface area contributed by atoms with Crippen molar-refractivity contribution in [2.75, 3.05) is 13.1 Å². The molecule has 1 rings (SSSR count). The molecule has 1 amide bonds. The molecule has 0 atom stereocenters. The van der Waals surface area contributed by atoms with Crippen LogP contribution in [0.3, 0.4) is 0 Å². The Morgan fingerprint density at radius 1 is 1.33 bits per heavy atom. The number of carbonyl (C=O) groups excluding carboxylic acids is 1. The average molecular weight is 269 g/mol. The Balaban J connectivity index is 2.75. The third-order valence-corrected chi connectivity index (χ3v) is 3.50. The second-order valence-electron chi connectivity index (χ2n) is 4.40. The molecule has 4 heteroatoms. The smallest absolute Gasteiger partial charge is 0.255 e. The van der Waals surface area contributed by atoms with Crippen molar-refractivity contribution in [3.05, 3.63) is 29.0 Å². The molecule has 0 unspecified atom stereocenters. The zero-order chi connectivity index (χ0) is 13.5. The average Bonchev–Trinajstić information content (AvgIpc) is 2.40. The SMILES string of the molecule is CCC(CC)CN(CC)C(=O)c1ccc(Cl)nc1. The summed E-state index contributed by atoms with van der Waals surface area (Å²) in [6, 6.07) is 3.38. The Morgan fingerprint density at radius 2 is 2.00 bits per heavy atom. The highest BCUT2D eigenvalue weighted by Gasteiger charge is 2.17. The molecule has 0 aromatic carbocycles. The minimum absolute atomic E-state index is 0.0357. The number of hydrogen-bond acceptors (Lipinski definition) is 2. The largest absolute Gasteiger partial charge is 0.339 e. The fourth-order valence-corrected chi connectivity index (χ4v) is 2.01. The van der Waals surface area contributed by atoms with E-state index in [1.807, 2.05) is 11.8 Å². The Bertz CT molecular complexity index is 374. The zero-order valence-corrected chi connectivity index (χ0v) is 12.1. The van der Waals surface area contributed by atoms with Crippen molar-refractivity contribution >= 4 is 17.5 Å². The second kappa shape index (κ2) is 7.37. The summed E-state index contributed by atoms with van der Waals surface area (Å²) in [5.74, 6) is 0.600. The lowest BCUT2D eigenvalue weighted by Crippen LogP contribution is -2.35. The van der Waals surface area contributed by atoms with Crippen LogP contribution in [0.4, 0.5) is 0 Å². The predicted molar refractivity (Wildman–Crippen MR) is 74.9 cm³/mol. The van der Waals surface area contributed by atoms with Crippen molar-refractivity contribution in [2.45, 2.75) is 33.6 Å². The van der Waals surface area contributed by atoms with E-state index in [9.17, 15) is 4.79 Å². The zero-order valence-electron chi connectivity index (χ0n) is 11.3. The first-order valence-electron chi connectivity index (χ1n) is 6.53. The highest BCUT2D eigenvalue weighted by Crippen LogP contribution is 2.13. The van der Waals surface area contributed by atoms with E-state index in [4.69, 9.17) is 11.6 Å². The lowest BCUT2D eigenvalue weighted by molar-refractivity contribution is 0.0734. The summed E-state index contributed by atoms with van der Waals surface area (Å²) in [4.78, 5) is 18.1. The normalized spacial score (nSPS) is 10.7. The summed E-state index contributed by atoms with van der Waals surface area (Å²) < 4.78 is 0. The Labute approximate surface area is 114 Å². The molecule has 0 aliphatic heterocycles. The summed E-state index contributed by atoms with van der Waals surface area (Å²) in [7, 11) is 0. The summed E-state index contributed by atoms with van der Waals surface area (Å²) in [5, 5.41) is 0.412. The topological polar surface area (TPSA) is 33.2 Å². The maximum absolute atomic E-state index is 12.3. The van der Waals surface area contributed by atoms with Gasteiger partial charge in [-0.05, 0) is 25.0 Å². The molecule has 0 aliphatic carbocycles. The van der Waals surface area contributed by atoms with Gasteiger partial charge >= 0.3 is 0 Å². The van der Waals surface area contributed by atoms with E-state index >= 15 is 0 Å². The van der Waals surface area contributed by atoms with Crippen LogP contribution in [-0.2, 0) is 0 Å². The highest BCUT2D eigenvalue weighted by atomic mass is 35.5. The molecule has 1 aromatic rings. The quantitative estimate of drug-likeness (QED) is 0.738. The third kappa shape index (κ3) is 3.98. The first kappa shape index (κ1) is 15.0. The fourth-order valence-electron chi connectivity index (χ4n) is 1.90.